The van der Waals surface area contributed by atoms with E-state index in [4.69, 9.17) is 11.6 Å². The van der Waals surface area contributed by atoms with E-state index in [1.54, 1.807) is 16.7 Å². The van der Waals surface area contributed by atoms with E-state index in [-0.39, 0.29) is 11.8 Å². The summed E-state index contributed by atoms with van der Waals surface area (Å²) in [5.41, 5.74) is 3.13. The second-order valence-electron chi connectivity index (χ2n) is 8.56. The van der Waals surface area contributed by atoms with Crippen molar-refractivity contribution < 1.29 is 9.59 Å². The Balaban J connectivity index is 1.82. The molecule has 3 aromatic rings. The highest BCUT2D eigenvalue weighted by Gasteiger charge is 2.30. The number of nitrogens with one attached hydrogen (secondary N) is 1. The summed E-state index contributed by atoms with van der Waals surface area (Å²) in [6, 6.07) is 25.0. The van der Waals surface area contributed by atoms with E-state index in [1.165, 1.54) is 5.56 Å². The van der Waals surface area contributed by atoms with Crippen LogP contribution in [0.2, 0.25) is 5.02 Å². The Hall–Kier alpha value is -2.76. The van der Waals surface area contributed by atoms with Gasteiger partial charge in [0.25, 0.3) is 0 Å². The van der Waals surface area contributed by atoms with Crippen LogP contribution in [0.5, 0.6) is 0 Å². The lowest BCUT2D eigenvalue weighted by molar-refractivity contribution is -0.141. The summed E-state index contributed by atoms with van der Waals surface area (Å²) < 4.78 is 0. The highest BCUT2D eigenvalue weighted by atomic mass is 35.5. The van der Waals surface area contributed by atoms with Gasteiger partial charge in [0.15, 0.2) is 0 Å². The van der Waals surface area contributed by atoms with Crippen LogP contribution >= 0.6 is 23.4 Å². The molecule has 0 saturated heterocycles. The predicted molar refractivity (Wildman–Crippen MR) is 146 cm³/mol. The molecule has 1 atom stereocenters. The SMILES string of the molecule is CCCNC(=O)[C@H](Cc1ccccc1)N(Cc1cccc(Cl)c1)C(=O)CCSc1ccc(C)cc1. The van der Waals surface area contributed by atoms with Crippen LogP contribution in [0.4, 0.5) is 0 Å². The molecule has 3 aromatic carbocycles. The lowest BCUT2D eigenvalue weighted by atomic mass is 10.0. The van der Waals surface area contributed by atoms with Crippen LogP contribution in [-0.4, -0.2) is 35.1 Å². The van der Waals surface area contributed by atoms with Crippen molar-refractivity contribution in [1.82, 2.24) is 10.2 Å². The first-order valence-corrected chi connectivity index (χ1v) is 13.4. The summed E-state index contributed by atoms with van der Waals surface area (Å²) >= 11 is 7.88. The summed E-state index contributed by atoms with van der Waals surface area (Å²) in [4.78, 5) is 29.7. The molecule has 0 aliphatic carbocycles. The maximum atomic E-state index is 13.6. The second kappa shape index (κ2) is 14.0. The van der Waals surface area contributed by atoms with Gasteiger partial charge in [-0.2, -0.15) is 0 Å². The van der Waals surface area contributed by atoms with Crippen LogP contribution in [0.15, 0.2) is 83.8 Å². The second-order valence-corrected chi connectivity index (χ2v) is 10.2. The highest BCUT2D eigenvalue weighted by molar-refractivity contribution is 7.99. The van der Waals surface area contributed by atoms with Crippen LogP contribution in [0, 0.1) is 6.92 Å². The van der Waals surface area contributed by atoms with E-state index in [9.17, 15) is 9.59 Å². The van der Waals surface area contributed by atoms with Crippen LogP contribution < -0.4 is 5.32 Å². The standard InChI is InChI=1S/C29H33ClN2O2S/c1-3-17-31-29(34)27(20-23-8-5-4-6-9-23)32(21-24-10-7-11-25(30)19-24)28(33)16-18-35-26-14-12-22(2)13-15-26/h4-15,19,27H,3,16-18,20-21H2,1-2H3,(H,31,34)/t27-/m0/s1. The van der Waals surface area contributed by atoms with Gasteiger partial charge in [-0.3, -0.25) is 9.59 Å². The summed E-state index contributed by atoms with van der Waals surface area (Å²) in [6.07, 6.45) is 1.62. The van der Waals surface area contributed by atoms with Crippen molar-refractivity contribution in [2.24, 2.45) is 0 Å². The Morgan fingerprint density at radius 2 is 1.69 bits per heavy atom. The molecule has 35 heavy (non-hydrogen) atoms. The van der Waals surface area contributed by atoms with Gasteiger partial charge in [0.05, 0.1) is 0 Å². The zero-order valence-electron chi connectivity index (χ0n) is 20.4. The van der Waals surface area contributed by atoms with Crippen molar-refractivity contribution in [2.75, 3.05) is 12.3 Å². The molecule has 0 fully saturated rings. The molecule has 0 unspecified atom stereocenters. The number of benzene rings is 3. The minimum atomic E-state index is -0.611. The third-order valence-electron chi connectivity index (χ3n) is 5.67. The number of amides is 2. The monoisotopic (exact) mass is 508 g/mol. The zero-order chi connectivity index (χ0) is 25.0. The first-order valence-electron chi connectivity index (χ1n) is 12.0. The molecule has 3 rings (SSSR count). The van der Waals surface area contributed by atoms with Crippen LogP contribution in [0.25, 0.3) is 0 Å². The third kappa shape index (κ3) is 8.75. The molecule has 6 heteroatoms. The third-order valence-corrected chi connectivity index (χ3v) is 6.92. The Morgan fingerprint density at radius 3 is 2.37 bits per heavy atom. The summed E-state index contributed by atoms with van der Waals surface area (Å²) in [7, 11) is 0. The molecule has 2 amide bonds. The fourth-order valence-electron chi connectivity index (χ4n) is 3.79. The van der Waals surface area contributed by atoms with Gasteiger partial charge in [-0.05, 0) is 48.7 Å². The Labute approximate surface area is 218 Å². The van der Waals surface area contributed by atoms with Gasteiger partial charge >= 0.3 is 0 Å². The summed E-state index contributed by atoms with van der Waals surface area (Å²) in [5, 5.41) is 3.62. The summed E-state index contributed by atoms with van der Waals surface area (Å²) in [5.74, 6) is 0.470. The van der Waals surface area contributed by atoms with E-state index >= 15 is 0 Å². The molecule has 0 aliphatic rings. The number of aryl methyl sites for hydroxylation is 1. The van der Waals surface area contributed by atoms with Crippen molar-refractivity contribution in [1.29, 1.82) is 0 Å². The Bertz CT molecular complexity index is 1090. The van der Waals surface area contributed by atoms with E-state index in [1.807, 2.05) is 61.5 Å². The molecule has 0 spiro atoms. The number of hydrogen-bond acceptors (Lipinski definition) is 3. The number of hydrogen-bond donors (Lipinski definition) is 1. The Morgan fingerprint density at radius 1 is 0.971 bits per heavy atom. The average Bonchev–Trinajstić information content (AvgIpc) is 2.86. The van der Waals surface area contributed by atoms with Gasteiger partial charge in [0.1, 0.15) is 6.04 Å². The maximum Gasteiger partial charge on any atom is 0.243 e. The molecule has 1 N–H and O–H groups in total. The van der Waals surface area contributed by atoms with Crippen LogP contribution in [-0.2, 0) is 22.6 Å². The number of thioether (sulfide) groups is 1. The molecular formula is C29H33ClN2O2S. The molecule has 0 aromatic heterocycles. The van der Waals surface area contributed by atoms with Gasteiger partial charge in [-0.1, -0.05) is 78.7 Å². The van der Waals surface area contributed by atoms with E-state index in [0.29, 0.717) is 36.7 Å². The van der Waals surface area contributed by atoms with Crippen molar-refractivity contribution in [3.8, 4) is 0 Å². The molecule has 0 saturated carbocycles. The summed E-state index contributed by atoms with van der Waals surface area (Å²) in [6.45, 7) is 4.98. The van der Waals surface area contributed by atoms with Crippen molar-refractivity contribution in [2.45, 2.75) is 50.6 Å². The normalized spacial score (nSPS) is 11.6. The number of carbonyl (C=O) groups is 2. The molecule has 0 radical (unpaired) electrons. The topological polar surface area (TPSA) is 49.4 Å². The Kier molecular flexibility index (Phi) is 10.7. The van der Waals surface area contributed by atoms with Gasteiger partial charge < -0.3 is 10.2 Å². The van der Waals surface area contributed by atoms with E-state index in [0.717, 1.165) is 22.4 Å². The molecule has 0 heterocycles. The largest absolute Gasteiger partial charge is 0.354 e. The minimum Gasteiger partial charge on any atom is -0.354 e. The lowest BCUT2D eigenvalue weighted by Gasteiger charge is -2.31. The molecular weight excluding hydrogens is 476 g/mol. The fourth-order valence-corrected chi connectivity index (χ4v) is 4.84. The smallest absolute Gasteiger partial charge is 0.243 e. The quantitative estimate of drug-likeness (QED) is 0.292. The van der Waals surface area contributed by atoms with Crippen LogP contribution in [0.3, 0.4) is 0 Å². The molecule has 0 aliphatic heterocycles. The number of rotatable bonds is 12. The van der Waals surface area contributed by atoms with E-state index in [2.05, 4.69) is 36.5 Å². The number of nitrogens with zero attached hydrogens (tertiary/aromatic N) is 1. The highest BCUT2D eigenvalue weighted by Crippen LogP contribution is 2.22. The van der Waals surface area contributed by atoms with Gasteiger partial charge in [-0.15, -0.1) is 11.8 Å². The molecule has 0 bridgehead atoms. The van der Waals surface area contributed by atoms with Gasteiger partial charge in [0.2, 0.25) is 11.8 Å². The molecule has 184 valence electrons. The fraction of sp³-hybridized carbons (Fsp3) is 0.310. The van der Waals surface area contributed by atoms with Gasteiger partial charge in [-0.25, -0.2) is 0 Å². The zero-order valence-corrected chi connectivity index (χ0v) is 21.9. The predicted octanol–water partition coefficient (Wildman–Crippen LogP) is 6.30. The minimum absolute atomic E-state index is 0.0443. The number of halogens is 1. The van der Waals surface area contributed by atoms with E-state index < -0.39 is 6.04 Å². The van der Waals surface area contributed by atoms with Crippen molar-refractivity contribution >= 4 is 35.2 Å². The maximum absolute atomic E-state index is 13.6. The molecule has 4 nitrogen and oxygen atoms in total. The number of carbonyl (C=O) groups excluding carboxylic acids is 2. The lowest BCUT2D eigenvalue weighted by Crippen LogP contribution is -2.50. The first-order chi connectivity index (χ1) is 17.0. The van der Waals surface area contributed by atoms with Gasteiger partial charge in [0, 0.05) is 41.6 Å². The van der Waals surface area contributed by atoms with Crippen molar-refractivity contribution in [3.63, 3.8) is 0 Å². The average molecular weight is 509 g/mol. The first kappa shape index (κ1) is 26.8. The van der Waals surface area contributed by atoms with Crippen molar-refractivity contribution in [3.05, 3.63) is 101 Å². The van der Waals surface area contributed by atoms with Crippen LogP contribution in [0.1, 0.15) is 36.5 Å².